The number of aromatic nitrogens is 1. The number of aryl methyl sites for hydroxylation is 1. The van der Waals surface area contributed by atoms with Crippen LogP contribution in [0.3, 0.4) is 0 Å². The number of fused-ring (bicyclic) bond motifs is 1. The Balaban J connectivity index is 2.15. The highest BCUT2D eigenvalue weighted by molar-refractivity contribution is 5.53. The fraction of sp³-hybridized carbons (Fsp3) is 0.375. The molecule has 0 aliphatic heterocycles. The summed E-state index contributed by atoms with van der Waals surface area (Å²) in [6.07, 6.45) is 2.75. The highest BCUT2D eigenvalue weighted by Gasteiger charge is 2.27. The minimum absolute atomic E-state index is 0.197. The Morgan fingerprint density at radius 1 is 1.05 bits per heavy atom. The van der Waals surface area contributed by atoms with Crippen molar-refractivity contribution in [3.8, 4) is 17.4 Å². The minimum Gasteiger partial charge on any atom is -0.494 e. The molecule has 2 aromatic rings. The van der Waals surface area contributed by atoms with Gasteiger partial charge in [0, 0.05) is 11.1 Å². The molecule has 1 aliphatic rings. The van der Waals surface area contributed by atoms with Crippen molar-refractivity contribution in [3.05, 3.63) is 41.0 Å². The van der Waals surface area contributed by atoms with Crippen molar-refractivity contribution in [2.45, 2.75) is 33.1 Å². The van der Waals surface area contributed by atoms with Crippen LogP contribution in [0.2, 0.25) is 0 Å². The molecular weight excluding hydrogens is 238 g/mol. The van der Waals surface area contributed by atoms with Gasteiger partial charge in [-0.3, -0.25) is 4.57 Å². The first-order valence-corrected chi connectivity index (χ1v) is 6.79. The maximum absolute atomic E-state index is 10.4. The van der Waals surface area contributed by atoms with Gasteiger partial charge >= 0.3 is 0 Å². The van der Waals surface area contributed by atoms with Crippen molar-refractivity contribution in [1.82, 2.24) is 4.57 Å². The van der Waals surface area contributed by atoms with Gasteiger partial charge in [0.15, 0.2) is 0 Å². The summed E-state index contributed by atoms with van der Waals surface area (Å²) in [7, 11) is 0. The third-order valence-electron chi connectivity index (χ3n) is 4.06. The first-order chi connectivity index (χ1) is 9.08. The van der Waals surface area contributed by atoms with Crippen LogP contribution < -0.4 is 0 Å². The van der Waals surface area contributed by atoms with Gasteiger partial charge in [-0.1, -0.05) is 24.6 Å². The summed E-state index contributed by atoms with van der Waals surface area (Å²) in [5.74, 6) is 0.956. The van der Waals surface area contributed by atoms with E-state index in [-0.39, 0.29) is 11.8 Å². The number of rotatable bonds is 1. The van der Waals surface area contributed by atoms with Crippen LogP contribution in [0.25, 0.3) is 5.69 Å². The highest BCUT2D eigenvalue weighted by atomic mass is 16.3. The molecule has 0 saturated heterocycles. The lowest BCUT2D eigenvalue weighted by Gasteiger charge is -2.17. The number of hydrogen-bond acceptors (Lipinski definition) is 2. The number of aromatic hydroxyl groups is 2. The van der Waals surface area contributed by atoms with Crippen LogP contribution in [0.15, 0.2) is 24.3 Å². The summed E-state index contributed by atoms with van der Waals surface area (Å²) >= 11 is 0. The van der Waals surface area contributed by atoms with Crippen LogP contribution in [0.5, 0.6) is 11.8 Å². The van der Waals surface area contributed by atoms with Gasteiger partial charge in [0.25, 0.3) is 0 Å². The van der Waals surface area contributed by atoms with E-state index in [1.807, 2.05) is 31.2 Å². The van der Waals surface area contributed by atoms with E-state index in [1.54, 1.807) is 4.57 Å². The van der Waals surface area contributed by atoms with Crippen LogP contribution in [0.1, 0.15) is 30.0 Å². The monoisotopic (exact) mass is 257 g/mol. The van der Waals surface area contributed by atoms with Gasteiger partial charge in [-0.05, 0) is 44.2 Å². The van der Waals surface area contributed by atoms with Crippen molar-refractivity contribution in [2.24, 2.45) is 5.92 Å². The molecule has 1 heterocycles. The zero-order valence-electron chi connectivity index (χ0n) is 11.3. The van der Waals surface area contributed by atoms with Crippen molar-refractivity contribution >= 4 is 0 Å². The molecule has 1 aromatic carbocycles. The van der Waals surface area contributed by atoms with Gasteiger partial charge in [-0.15, -0.1) is 0 Å². The molecule has 19 heavy (non-hydrogen) atoms. The maximum Gasteiger partial charge on any atom is 0.202 e. The van der Waals surface area contributed by atoms with E-state index in [2.05, 4.69) is 6.92 Å². The molecule has 3 heteroatoms. The minimum atomic E-state index is 0.197. The molecule has 3 nitrogen and oxygen atoms in total. The van der Waals surface area contributed by atoms with Crippen LogP contribution in [0.4, 0.5) is 0 Å². The Labute approximate surface area is 113 Å². The van der Waals surface area contributed by atoms with E-state index in [0.29, 0.717) is 5.92 Å². The van der Waals surface area contributed by atoms with E-state index in [9.17, 15) is 10.2 Å². The predicted molar refractivity (Wildman–Crippen MR) is 75.0 cm³/mol. The number of nitrogens with zero attached hydrogens (tertiary/aromatic N) is 1. The second-order valence-electron chi connectivity index (χ2n) is 5.62. The largest absolute Gasteiger partial charge is 0.494 e. The molecule has 3 rings (SSSR count). The third kappa shape index (κ3) is 1.89. The van der Waals surface area contributed by atoms with Crippen LogP contribution >= 0.6 is 0 Å². The summed E-state index contributed by atoms with van der Waals surface area (Å²) in [4.78, 5) is 0. The molecule has 100 valence electrons. The molecule has 0 saturated carbocycles. The number of hydrogen-bond donors (Lipinski definition) is 2. The SMILES string of the molecule is Cc1ccc(-n2c(O)c3c(c2O)CC(C)CC3)cc1. The van der Waals surface area contributed by atoms with E-state index in [4.69, 9.17) is 0 Å². The van der Waals surface area contributed by atoms with Gasteiger partial charge in [0.2, 0.25) is 11.8 Å². The van der Waals surface area contributed by atoms with Crippen molar-refractivity contribution in [1.29, 1.82) is 0 Å². The molecule has 0 spiro atoms. The van der Waals surface area contributed by atoms with Gasteiger partial charge in [-0.25, -0.2) is 0 Å². The summed E-state index contributed by atoms with van der Waals surface area (Å²) in [6.45, 7) is 4.20. The van der Waals surface area contributed by atoms with E-state index < -0.39 is 0 Å². The molecule has 1 aromatic heterocycles. The average Bonchev–Trinajstić information content (AvgIpc) is 2.63. The van der Waals surface area contributed by atoms with E-state index in [0.717, 1.165) is 41.6 Å². The Morgan fingerprint density at radius 3 is 2.37 bits per heavy atom. The zero-order chi connectivity index (χ0) is 13.6. The zero-order valence-corrected chi connectivity index (χ0v) is 11.3. The Bertz CT molecular complexity index is 611. The highest BCUT2D eigenvalue weighted by Crippen LogP contribution is 2.41. The lowest BCUT2D eigenvalue weighted by Crippen LogP contribution is -2.09. The van der Waals surface area contributed by atoms with Gasteiger partial charge in [0.05, 0.1) is 5.69 Å². The predicted octanol–water partition coefficient (Wildman–Crippen LogP) is 3.32. The van der Waals surface area contributed by atoms with Crippen molar-refractivity contribution in [3.63, 3.8) is 0 Å². The first-order valence-electron chi connectivity index (χ1n) is 6.79. The molecule has 1 aliphatic carbocycles. The summed E-state index contributed by atoms with van der Waals surface area (Å²) in [6, 6.07) is 7.80. The standard InChI is InChI=1S/C16H19NO2/c1-10-3-6-12(7-4-10)17-15(18)13-8-5-11(2)9-14(13)16(17)19/h3-4,6-7,11,18-19H,5,8-9H2,1-2H3. The first kappa shape index (κ1) is 12.2. The Hall–Kier alpha value is -1.90. The fourth-order valence-electron chi connectivity index (χ4n) is 2.90. The van der Waals surface area contributed by atoms with Crippen LogP contribution in [-0.4, -0.2) is 14.8 Å². The molecule has 1 atom stereocenters. The normalized spacial score (nSPS) is 18.3. The second-order valence-corrected chi connectivity index (χ2v) is 5.62. The summed E-state index contributed by atoms with van der Waals surface area (Å²) in [5.41, 5.74) is 3.80. The second kappa shape index (κ2) is 4.34. The topological polar surface area (TPSA) is 45.4 Å². The molecular formula is C16H19NO2. The molecule has 0 bridgehead atoms. The van der Waals surface area contributed by atoms with Gasteiger partial charge in [0.1, 0.15) is 0 Å². The molecule has 0 fully saturated rings. The van der Waals surface area contributed by atoms with E-state index in [1.165, 1.54) is 0 Å². The molecule has 1 unspecified atom stereocenters. The summed E-state index contributed by atoms with van der Waals surface area (Å²) < 4.78 is 1.56. The third-order valence-corrected chi connectivity index (χ3v) is 4.06. The molecule has 2 N–H and O–H groups in total. The smallest absolute Gasteiger partial charge is 0.202 e. The van der Waals surface area contributed by atoms with Crippen LogP contribution in [-0.2, 0) is 12.8 Å². The maximum atomic E-state index is 10.4. The Morgan fingerprint density at radius 2 is 1.68 bits per heavy atom. The quantitative estimate of drug-likeness (QED) is 0.823. The fourth-order valence-corrected chi connectivity index (χ4v) is 2.90. The van der Waals surface area contributed by atoms with Crippen molar-refractivity contribution in [2.75, 3.05) is 0 Å². The van der Waals surface area contributed by atoms with E-state index >= 15 is 0 Å². The van der Waals surface area contributed by atoms with Gasteiger partial charge in [-0.2, -0.15) is 0 Å². The van der Waals surface area contributed by atoms with Gasteiger partial charge < -0.3 is 10.2 Å². The van der Waals surface area contributed by atoms with Crippen LogP contribution in [0, 0.1) is 12.8 Å². The lowest BCUT2D eigenvalue weighted by atomic mass is 9.87. The number of benzene rings is 1. The summed E-state index contributed by atoms with van der Waals surface area (Å²) in [5, 5.41) is 20.8. The average molecular weight is 257 g/mol. The Kier molecular flexibility index (Phi) is 2.77. The molecule has 0 radical (unpaired) electrons. The van der Waals surface area contributed by atoms with Crippen molar-refractivity contribution < 1.29 is 10.2 Å². The molecule has 0 amide bonds. The lowest BCUT2D eigenvalue weighted by molar-refractivity contribution is 0.399.